The Morgan fingerprint density at radius 1 is 1.43 bits per heavy atom. The van der Waals surface area contributed by atoms with Gasteiger partial charge in [0.1, 0.15) is 0 Å². The fourth-order valence-electron chi connectivity index (χ4n) is 1.25. The van der Waals surface area contributed by atoms with Crippen LogP contribution in [0, 0.1) is 5.92 Å². The average molecular weight is 99.2 g/mol. The van der Waals surface area contributed by atoms with Crippen LogP contribution in [0.2, 0.25) is 0 Å². The van der Waals surface area contributed by atoms with Gasteiger partial charge in [-0.15, -0.1) is 0 Å². The van der Waals surface area contributed by atoms with E-state index in [1.165, 1.54) is 19.3 Å². The van der Waals surface area contributed by atoms with Crippen LogP contribution in [-0.4, -0.2) is 6.04 Å². The van der Waals surface area contributed by atoms with Crippen LogP contribution in [0.25, 0.3) is 0 Å². The molecule has 0 radical (unpaired) electrons. The summed E-state index contributed by atoms with van der Waals surface area (Å²) >= 11 is 0. The van der Waals surface area contributed by atoms with Crippen molar-refractivity contribution in [2.24, 2.45) is 11.7 Å². The molecule has 0 aliphatic heterocycles. The second-order valence-electron chi connectivity index (χ2n) is 2.68. The maximum absolute atomic E-state index is 5.63. The third-order valence-electron chi connectivity index (χ3n) is 1.74. The molecular weight excluding hydrogens is 86.1 g/mol. The number of rotatable bonds is 0. The Hall–Kier alpha value is -0.0400. The first kappa shape index (κ1) is 5.10. The minimum atomic E-state index is 0.523. The van der Waals surface area contributed by atoms with Crippen molar-refractivity contribution in [1.82, 2.24) is 0 Å². The topological polar surface area (TPSA) is 26.0 Å². The lowest BCUT2D eigenvalue weighted by Gasteiger charge is -1.97. The van der Waals surface area contributed by atoms with Crippen LogP contribution in [0.5, 0.6) is 0 Å². The monoisotopic (exact) mass is 99.1 g/mol. The average Bonchev–Trinajstić information content (AvgIpc) is 1.87. The molecule has 0 spiro atoms. The van der Waals surface area contributed by atoms with Gasteiger partial charge in [0.05, 0.1) is 0 Å². The van der Waals surface area contributed by atoms with Gasteiger partial charge in [0.25, 0.3) is 0 Å². The van der Waals surface area contributed by atoms with Crippen molar-refractivity contribution in [2.75, 3.05) is 0 Å². The van der Waals surface area contributed by atoms with Gasteiger partial charge in [0, 0.05) is 6.04 Å². The van der Waals surface area contributed by atoms with E-state index in [0.717, 1.165) is 5.92 Å². The van der Waals surface area contributed by atoms with Crippen LogP contribution in [0.3, 0.4) is 0 Å². The van der Waals surface area contributed by atoms with E-state index in [2.05, 4.69) is 6.92 Å². The highest BCUT2D eigenvalue weighted by Crippen LogP contribution is 2.22. The first-order valence-corrected chi connectivity index (χ1v) is 3.04. The highest BCUT2D eigenvalue weighted by atomic mass is 14.6. The summed E-state index contributed by atoms with van der Waals surface area (Å²) in [6.07, 6.45) is 3.85. The lowest BCUT2D eigenvalue weighted by Crippen LogP contribution is -2.14. The zero-order chi connectivity index (χ0) is 5.28. The number of nitrogens with two attached hydrogens (primary N) is 1. The van der Waals surface area contributed by atoms with Crippen LogP contribution < -0.4 is 5.73 Å². The molecule has 7 heavy (non-hydrogen) atoms. The molecule has 1 heteroatoms. The van der Waals surface area contributed by atoms with Gasteiger partial charge in [0.15, 0.2) is 0 Å². The molecule has 0 aromatic rings. The Balaban J connectivity index is 2.26. The summed E-state index contributed by atoms with van der Waals surface area (Å²) in [7, 11) is 0. The summed E-state index contributed by atoms with van der Waals surface area (Å²) in [5.41, 5.74) is 5.63. The largest absolute Gasteiger partial charge is 0.328 e. The molecule has 1 unspecified atom stereocenters. The molecule has 0 aromatic heterocycles. The second kappa shape index (κ2) is 1.83. The summed E-state index contributed by atoms with van der Waals surface area (Å²) in [4.78, 5) is 0. The third-order valence-corrected chi connectivity index (χ3v) is 1.74. The Kier molecular flexibility index (Phi) is 1.33. The summed E-state index contributed by atoms with van der Waals surface area (Å²) in [5, 5.41) is 0. The molecular formula is C6H13N. The Morgan fingerprint density at radius 3 is 2.29 bits per heavy atom. The molecule has 1 aliphatic carbocycles. The summed E-state index contributed by atoms with van der Waals surface area (Å²) in [6.45, 7) is 2.27. The van der Waals surface area contributed by atoms with Crippen molar-refractivity contribution in [3.63, 3.8) is 0 Å². The van der Waals surface area contributed by atoms with Crippen LogP contribution in [0.4, 0.5) is 0 Å². The lowest BCUT2D eigenvalue weighted by molar-refractivity contribution is 0.594. The quantitative estimate of drug-likeness (QED) is 0.484. The summed E-state index contributed by atoms with van der Waals surface area (Å²) in [6, 6.07) is 0.523. The van der Waals surface area contributed by atoms with Crippen molar-refractivity contribution in [3.8, 4) is 0 Å². The van der Waals surface area contributed by atoms with E-state index in [1.807, 2.05) is 0 Å². The molecule has 1 fully saturated rings. The standard InChI is InChI=1S/C6H13N/c1-5-2-3-6(7)4-5/h5-6H,2-4,7H2,1H3/t5?,6-/m0/s1. The maximum atomic E-state index is 5.63. The van der Waals surface area contributed by atoms with E-state index in [1.54, 1.807) is 0 Å². The van der Waals surface area contributed by atoms with Gasteiger partial charge in [0.2, 0.25) is 0 Å². The molecule has 1 aliphatic rings. The van der Waals surface area contributed by atoms with Gasteiger partial charge in [-0.05, 0) is 25.2 Å². The molecule has 2 atom stereocenters. The molecule has 1 saturated carbocycles. The van der Waals surface area contributed by atoms with E-state index >= 15 is 0 Å². The predicted molar refractivity (Wildman–Crippen MR) is 31.0 cm³/mol. The van der Waals surface area contributed by atoms with E-state index in [9.17, 15) is 0 Å². The molecule has 0 amide bonds. The van der Waals surface area contributed by atoms with Crippen molar-refractivity contribution in [2.45, 2.75) is 32.2 Å². The second-order valence-corrected chi connectivity index (χ2v) is 2.68. The van der Waals surface area contributed by atoms with Crippen molar-refractivity contribution in [1.29, 1.82) is 0 Å². The van der Waals surface area contributed by atoms with Gasteiger partial charge < -0.3 is 5.73 Å². The van der Waals surface area contributed by atoms with Crippen LogP contribution in [0.15, 0.2) is 0 Å². The van der Waals surface area contributed by atoms with Gasteiger partial charge in [-0.1, -0.05) is 6.92 Å². The Morgan fingerprint density at radius 2 is 2.14 bits per heavy atom. The smallest absolute Gasteiger partial charge is 0.00414 e. The SMILES string of the molecule is CC1CC[C@H](N)C1. The van der Waals surface area contributed by atoms with E-state index in [0.29, 0.717) is 6.04 Å². The van der Waals surface area contributed by atoms with Crippen LogP contribution in [-0.2, 0) is 0 Å². The van der Waals surface area contributed by atoms with Crippen LogP contribution >= 0.6 is 0 Å². The summed E-state index contributed by atoms with van der Waals surface area (Å²) < 4.78 is 0. The first-order valence-electron chi connectivity index (χ1n) is 3.04. The number of hydrogen-bond donors (Lipinski definition) is 1. The molecule has 1 nitrogen and oxygen atoms in total. The van der Waals surface area contributed by atoms with Gasteiger partial charge in [-0.2, -0.15) is 0 Å². The molecule has 0 bridgehead atoms. The van der Waals surface area contributed by atoms with Gasteiger partial charge >= 0.3 is 0 Å². The zero-order valence-corrected chi connectivity index (χ0v) is 4.85. The highest BCUT2D eigenvalue weighted by molar-refractivity contribution is 4.73. The normalized spacial score (nSPS) is 42.0. The number of hydrogen-bond acceptors (Lipinski definition) is 1. The van der Waals surface area contributed by atoms with E-state index in [-0.39, 0.29) is 0 Å². The van der Waals surface area contributed by atoms with Crippen molar-refractivity contribution in [3.05, 3.63) is 0 Å². The van der Waals surface area contributed by atoms with E-state index in [4.69, 9.17) is 5.73 Å². The lowest BCUT2D eigenvalue weighted by atomic mass is 10.1. The molecule has 42 valence electrons. The fraction of sp³-hybridized carbons (Fsp3) is 1.00. The predicted octanol–water partition coefficient (Wildman–Crippen LogP) is 1.13. The molecule has 2 N–H and O–H groups in total. The third kappa shape index (κ3) is 1.16. The van der Waals surface area contributed by atoms with Crippen molar-refractivity contribution >= 4 is 0 Å². The minimum absolute atomic E-state index is 0.523. The molecule has 1 rings (SSSR count). The molecule has 0 saturated heterocycles. The van der Waals surface area contributed by atoms with Gasteiger partial charge in [-0.25, -0.2) is 0 Å². The van der Waals surface area contributed by atoms with Gasteiger partial charge in [-0.3, -0.25) is 0 Å². The first-order chi connectivity index (χ1) is 3.29. The summed E-state index contributed by atoms with van der Waals surface area (Å²) in [5.74, 6) is 0.898. The Bertz CT molecular complexity index is 53.2. The molecule has 0 heterocycles. The van der Waals surface area contributed by atoms with Crippen molar-refractivity contribution < 1.29 is 0 Å². The van der Waals surface area contributed by atoms with Crippen LogP contribution in [0.1, 0.15) is 26.2 Å². The molecule has 0 aromatic carbocycles. The minimum Gasteiger partial charge on any atom is -0.328 e. The zero-order valence-electron chi connectivity index (χ0n) is 4.85. The highest BCUT2D eigenvalue weighted by Gasteiger charge is 2.16. The maximum Gasteiger partial charge on any atom is 0.00414 e. The van der Waals surface area contributed by atoms with E-state index < -0.39 is 0 Å². The fourth-order valence-corrected chi connectivity index (χ4v) is 1.25. The Labute approximate surface area is 44.9 Å².